The topological polar surface area (TPSA) is 180 Å². The Bertz CT molecular complexity index is 904. The van der Waals surface area contributed by atoms with Gasteiger partial charge in [0.25, 0.3) is 5.56 Å². The van der Waals surface area contributed by atoms with Crippen molar-refractivity contribution in [2.45, 2.75) is 24.5 Å². The Kier molecular flexibility index (Phi) is 4.60. The maximum absolute atomic E-state index is 11.9. The molecule has 25 heavy (non-hydrogen) atoms. The predicted octanol–water partition coefficient (Wildman–Crippen LogP) is -1.51. The molecule has 1 unspecified atom stereocenters. The second-order valence-electron chi connectivity index (χ2n) is 5.31. The summed E-state index contributed by atoms with van der Waals surface area (Å²) in [4.78, 5) is 39.9. The number of hydrogen-bond donors (Lipinski definition) is 5. The molecule has 3 rings (SSSR count). The fourth-order valence-electron chi connectivity index (χ4n) is 2.49. The molecule has 0 bridgehead atoms. The molecule has 12 nitrogen and oxygen atoms in total. The Labute approximate surface area is 139 Å². The van der Waals surface area contributed by atoms with E-state index in [1.807, 2.05) is 0 Å². The summed E-state index contributed by atoms with van der Waals surface area (Å²) in [5.74, 6) is 0.175. The van der Waals surface area contributed by atoms with E-state index in [4.69, 9.17) is 14.5 Å². The van der Waals surface area contributed by atoms with Crippen molar-refractivity contribution in [3.8, 4) is 0 Å². The molecule has 0 aliphatic carbocycles. The number of rotatable bonds is 5. The van der Waals surface area contributed by atoms with E-state index in [0.29, 0.717) is 0 Å². The number of phosphoric ester groups is 1. The zero-order chi connectivity index (χ0) is 18.4. The summed E-state index contributed by atoms with van der Waals surface area (Å²) in [5.41, 5.74) is -0.440. The van der Waals surface area contributed by atoms with Gasteiger partial charge in [-0.05, 0) is 6.08 Å². The Morgan fingerprint density at radius 3 is 2.80 bits per heavy atom. The van der Waals surface area contributed by atoms with Gasteiger partial charge < -0.3 is 29.7 Å². The van der Waals surface area contributed by atoms with Crippen LogP contribution in [-0.2, 0) is 13.8 Å². The molecule has 5 N–H and O–H groups in total. The number of H-pyrrole nitrogens is 1. The summed E-state index contributed by atoms with van der Waals surface area (Å²) in [6, 6.07) is 0. The van der Waals surface area contributed by atoms with Gasteiger partial charge in [-0.15, -0.1) is 0 Å². The molecular weight excluding hydrogens is 359 g/mol. The van der Waals surface area contributed by atoms with E-state index < -0.39 is 44.5 Å². The van der Waals surface area contributed by atoms with Crippen LogP contribution in [0.5, 0.6) is 0 Å². The number of aromatic amines is 1. The van der Waals surface area contributed by atoms with Crippen LogP contribution in [0.3, 0.4) is 0 Å². The molecule has 1 aliphatic rings. The number of fused-ring (bicyclic) bond motifs is 1. The molecule has 1 fully saturated rings. The third-order valence-corrected chi connectivity index (χ3v) is 4.15. The molecule has 0 amide bonds. The molecule has 4 atom stereocenters. The predicted molar refractivity (Wildman–Crippen MR) is 82.2 cm³/mol. The van der Waals surface area contributed by atoms with Gasteiger partial charge in [-0.3, -0.25) is 13.9 Å². The number of nitrogens with one attached hydrogen (secondary N) is 1. The van der Waals surface area contributed by atoms with Gasteiger partial charge in [0.2, 0.25) is 0 Å². The highest BCUT2D eigenvalue weighted by atomic mass is 31.2. The van der Waals surface area contributed by atoms with Crippen LogP contribution >= 0.6 is 7.82 Å². The van der Waals surface area contributed by atoms with E-state index in [0.717, 1.165) is 0 Å². The molecule has 0 radical (unpaired) electrons. The van der Waals surface area contributed by atoms with Gasteiger partial charge in [-0.1, -0.05) is 6.58 Å². The first kappa shape index (κ1) is 17.9. The summed E-state index contributed by atoms with van der Waals surface area (Å²) in [7, 11) is -4.76. The third kappa shape index (κ3) is 3.41. The van der Waals surface area contributed by atoms with Crippen molar-refractivity contribution in [3.05, 3.63) is 29.1 Å². The standard InChI is InChI=1S/C12H15N4O8P/c1-2-6-14-10-7(11(19)15-6)13-4-16(10)12-9(18)8(17)5(24-12)3-23-25(20,21)22/h2,4-5,8-9,12,17-18H,1,3H2,(H,14,15,19)(H2,20,21,22)/t5-,8-,9-,12?/m0/s1. The van der Waals surface area contributed by atoms with Crippen LogP contribution < -0.4 is 5.56 Å². The summed E-state index contributed by atoms with van der Waals surface area (Å²) in [6.07, 6.45) is -2.81. The Morgan fingerprint density at radius 2 is 2.16 bits per heavy atom. The van der Waals surface area contributed by atoms with E-state index in [1.54, 1.807) is 0 Å². The lowest BCUT2D eigenvalue weighted by Gasteiger charge is -2.16. The number of aliphatic hydroxyl groups excluding tert-OH is 2. The van der Waals surface area contributed by atoms with Crippen molar-refractivity contribution < 1.29 is 33.8 Å². The van der Waals surface area contributed by atoms with E-state index in [9.17, 15) is 19.6 Å². The van der Waals surface area contributed by atoms with Crippen molar-refractivity contribution >= 4 is 25.1 Å². The van der Waals surface area contributed by atoms with E-state index in [-0.39, 0.29) is 17.0 Å². The van der Waals surface area contributed by atoms with Crippen LogP contribution in [-0.4, -0.2) is 64.4 Å². The van der Waals surface area contributed by atoms with Gasteiger partial charge in [0.1, 0.15) is 24.1 Å². The number of aromatic nitrogens is 4. The van der Waals surface area contributed by atoms with E-state index in [2.05, 4.69) is 26.1 Å². The maximum atomic E-state index is 11.9. The maximum Gasteiger partial charge on any atom is 0.469 e. The van der Waals surface area contributed by atoms with Gasteiger partial charge >= 0.3 is 7.82 Å². The second kappa shape index (κ2) is 6.42. The second-order valence-corrected chi connectivity index (χ2v) is 6.55. The van der Waals surface area contributed by atoms with Crippen LogP contribution in [0.1, 0.15) is 12.1 Å². The van der Waals surface area contributed by atoms with Gasteiger partial charge in [0.05, 0.1) is 12.9 Å². The number of nitrogens with zero attached hydrogens (tertiary/aromatic N) is 3. The summed E-state index contributed by atoms with van der Waals surface area (Å²) < 4.78 is 21.7. The average molecular weight is 374 g/mol. The number of hydrogen-bond acceptors (Lipinski definition) is 8. The SMILES string of the molecule is C=Cc1nc2c(ncn2C2O[C@@H](COP(=O)(O)O)[C@H](O)[C@@H]2O)c(=O)[nH]1. The highest BCUT2D eigenvalue weighted by Crippen LogP contribution is 2.38. The van der Waals surface area contributed by atoms with Crippen molar-refractivity contribution in [1.82, 2.24) is 19.5 Å². The molecule has 136 valence electrons. The lowest BCUT2D eigenvalue weighted by Crippen LogP contribution is -2.33. The Morgan fingerprint density at radius 1 is 1.44 bits per heavy atom. The zero-order valence-corrected chi connectivity index (χ0v) is 13.5. The normalized spacial score (nSPS) is 27.0. The molecule has 0 saturated carbocycles. The molecule has 13 heteroatoms. The highest BCUT2D eigenvalue weighted by molar-refractivity contribution is 7.46. The smallest absolute Gasteiger partial charge is 0.387 e. The van der Waals surface area contributed by atoms with Gasteiger partial charge in [0.15, 0.2) is 17.4 Å². The van der Waals surface area contributed by atoms with Crippen LogP contribution in [0.2, 0.25) is 0 Å². The van der Waals surface area contributed by atoms with Gasteiger partial charge in [0, 0.05) is 0 Å². The molecule has 2 aromatic rings. The van der Waals surface area contributed by atoms with Crippen molar-refractivity contribution in [2.24, 2.45) is 0 Å². The first-order valence-electron chi connectivity index (χ1n) is 7.02. The quantitative estimate of drug-likeness (QED) is 0.386. The molecule has 1 saturated heterocycles. The first-order valence-corrected chi connectivity index (χ1v) is 8.55. The van der Waals surface area contributed by atoms with Crippen molar-refractivity contribution in [1.29, 1.82) is 0 Å². The minimum Gasteiger partial charge on any atom is -0.387 e. The summed E-state index contributed by atoms with van der Waals surface area (Å²) in [5, 5.41) is 20.2. The van der Waals surface area contributed by atoms with Crippen LogP contribution in [0.4, 0.5) is 0 Å². The van der Waals surface area contributed by atoms with Gasteiger partial charge in [-0.25, -0.2) is 14.5 Å². The highest BCUT2D eigenvalue weighted by Gasteiger charge is 2.45. The fraction of sp³-hybridized carbons (Fsp3) is 0.417. The van der Waals surface area contributed by atoms with Gasteiger partial charge in [-0.2, -0.15) is 0 Å². The molecule has 3 heterocycles. The Balaban J connectivity index is 1.93. The van der Waals surface area contributed by atoms with E-state index >= 15 is 0 Å². The Hall–Kier alpha value is -1.92. The summed E-state index contributed by atoms with van der Waals surface area (Å²) >= 11 is 0. The number of imidazole rings is 1. The summed E-state index contributed by atoms with van der Waals surface area (Å²) in [6.45, 7) is 2.86. The lowest BCUT2D eigenvalue weighted by molar-refractivity contribution is -0.0504. The minimum atomic E-state index is -4.76. The zero-order valence-electron chi connectivity index (χ0n) is 12.6. The molecule has 2 aromatic heterocycles. The number of phosphoric acid groups is 1. The van der Waals surface area contributed by atoms with E-state index in [1.165, 1.54) is 17.0 Å². The van der Waals surface area contributed by atoms with Crippen molar-refractivity contribution in [2.75, 3.05) is 6.61 Å². The lowest BCUT2D eigenvalue weighted by atomic mass is 10.1. The third-order valence-electron chi connectivity index (χ3n) is 3.66. The molecular formula is C12H15N4O8P. The minimum absolute atomic E-state index is 0.00851. The average Bonchev–Trinajstić information content (AvgIpc) is 3.08. The molecule has 1 aliphatic heterocycles. The first-order chi connectivity index (χ1) is 11.7. The largest absolute Gasteiger partial charge is 0.469 e. The van der Waals surface area contributed by atoms with Crippen LogP contribution in [0, 0.1) is 0 Å². The monoisotopic (exact) mass is 374 g/mol. The number of aliphatic hydroxyl groups is 2. The number of ether oxygens (including phenoxy) is 1. The van der Waals surface area contributed by atoms with Crippen molar-refractivity contribution in [3.63, 3.8) is 0 Å². The van der Waals surface area contributed by atoms with Crippen LogP contribution in [0.25, 0.3) is 17.2 Å². The molecule has 0 aromatic carbocycles. The van der Waals surface area contributed by atoms with Crippen LogP contribution in [0.15, 0.2) is 17.7 Å². The fourth-order valence-corrected chi connectivity index (χ4v) is 2.83. The molecule has 0 spiro atoms.